The molecule has 0 unspecified atom stereocenters. The molecule has 0 heterocycles. The summed E-state index contributed by atoms with van der Waals surface area (Å²) >= 11 is 7.57. The van der Waals surface area contributed by atoms with Crippen LogP contribution in [0.25, 0.3) is 0 Å². The van der Waals surface area contributed by atoms with Gasteiger partial charge in [0.05, 0.1) is 32.2 Å². The van der Waals surface area contributed by atoms with Crippen molar-refractivity contribution in [2.75, 3.05) is 17.3 Å². The van der Waals surface area contributed by atoms with Gasteiger partial charge in [0.2, 0.25) is 5.91 Å². The molecule has 0 spiro atoms. The number of benzene rings is 1. The van der Waals surface area contributed by atoms with Gasteiger partial charge in [-0.3, -0.25) is 9.00 Å². The minimum Gasteiger partial charge on any atom is -0.324 e. The maximum atomic E-state index is 11.9. The molecule has 0 fully saturated rings. The first-order chi connectivity index (χ1) is 8.70. The molecule has 0 bridgehead atoms. The van der Waals surface area contributed by atoms with E-state index in [0.29, 0.717) is 21.4 Å². The number of halogens is 1. The van der Waals surface area contributed by atoms with Gasteiger partial charge in [0.15, 0.2) is 0 Å². The molecule has 6 heteroatoms. The number of carbonyl (C=O) groups excluding carboxylic acids is 1. The SMILES string of the molecule is C[S@@](=O)c1c(Cl)cccc1NC(=O)CSC(C)(C)C. The monoisotopic (exact) mass is 319 g/mol. The lowest BCUT2D eigenvalue weighted by atomic mass is 10.3. The molecular formula is C13H18ClNO2S2. The van der Waals surface area contributed by atoms with Gasteiger partial charge in [0, 0.05) is 11.0 Å². The van der Waals surface area contributed by atoms with Crippen molar-refractivity contribution in [2.45, 2.75) is 30.4 Å². The molecule has 0 saturated carbocycles. The summed E-state index contributed by atoms with van der Waals surface area (Å²) in [7, 11) is -1.24. The summed E-state index contributed by atoms with van der Waals surface area (Å²) in [5, 5.41) is 3.17. The molecule has 0 aliphatic heterocycles. The van der Waals surface area contributed by atoms with Crippen molar-refractivity contribution < 1.29 is 9.00 Å². The fourth-order valence-corrected chi connectivity index (χ4v) is 3.28. The lowest BCUT2D eigenvalue weighted by Gasteiger charge is -2.17. The zero-order chi connectivity index (χ0) is 14.6. The van der Waals surface area contributed by atoms with Crippen molar-refractivity contribution in [1.29, 1.82) is 0 Å². The molecule has 1 aromatic carbocycles. The number of hydrogen-bond acceptors (Lipinski definition) is 3. The molecule has 0 aliphatic rings. The van der Waals surface area contributed by atoms with Crippen LogP contribution < -0.4 is 5.32 Å². The summed E-state index contributed by atoms with van der Waals surface area (Å²) < 4.78 is 11.7. The highest BCUT2D eigenvalue weighted by Gasteiger charge is 2.16. The second-order valence-electron chi connectivity index (χ2n) is 5.02. The molecule has 19 heavy (non-hydrogen) atoms. The normalized spacial score (nSPS) is 13.1. The molecule has 0 aromatic heterocycles. The van der Waals surface area contributed by atoms with Gasteiger partial charge in [-0.25, -0.2) is 0 Å². The molecule has 3 nitrogen and oxygen atoms in total. The Kier molecular flexibility index (Phi) is 5.89. The summed E-state index contributed by atoms with van der Waals surface area (Å²) in [4.78, 5) is 12.3. The van der Waals surface area contributed by atoms with Crippen LogP contribution in [-0.4, -0.2) is 26.9 Å². The number of rotatable bonds is 4. The van der Waals surface area contributed by atoms with Crippen LogP contribution in [0.1, 0.15) is 20.8 Å². The van der Waals surface area contributed by atoms with Gasteiger partial charge >= 0.3 is 0 Å². The molecule has 106 valence electrons. The molecule has 1 rings (SSSR count). The third-order valence-electron chi connectivity index (χ3n) is 2.16. The standard InChI is InChI=1S/C13H18ClNO2S2/c1-13(2,3)18-8-11(16)15-10-7-5-6-9(14)12(10)19(4)17/h5-7H,8H2,1-4H3,(H,15,16)/t19-/m1/s1. The molecule has 0 aliphatic carbocycles. The van der Waals surface area contributed by atoms with E-state index >= 15 is 0 Å². The lowest BCUT2D eigenvalue weighted by molar-refractivity contribution is -0.113. The number of thioether (sulfide) groups is 1. The van der Waals surface area contributed by atoms with E-state index < -0.39 is 10.8 Å². The summed E-state index contributed by atoms with van der Waals surface area (Å²) in [6.07, 6.45) is 1.54. The minimum absolute atomic E-state index is 0.0298. The summed E-state index contributed by atoms with van der Waals surface area (Å²) in [5.41, 5.74) is 0.521. The Balaban J connectivity index is 2.80. The zero-order valence-electron chi connectivity index (χ0n) is 11.5. The van der Waals surface area contributed by atoms with Gasteiger partial charge < -0.3 is 5.32 Å². The summed E-state index contributed by atoms with van der Waals surface area (Å²) in [6.45, 7) is 6.16. The number of nitrogens with one attached hydrogen (secondary N) is 1. The second kappa shape index (κ2) is 6.77. The Morgan fingerprint density at radius 3 is 2.58 bits per heavy atom. The molecule has 0 radical (unpaired) electrons. The molecule has 1 aromatic rings. The Hall–Kier alpha value is -0.520. The van der Waals surface area contributed by atoms with E-state index in [1.54, 1.807) is 36.2 Å². The van der Waals surface area contributed by atoms with Crippen LogP contribution in [0.2, 0.25) is 5.02 Å². The highest BCUT2D eigenvalue weighted by molar-refractivity contribution is 8.01. The van der Waals surface area contributed by atoms with Crippen molar-refractivity contribution in [2.24, 2.45) is 0 Å². The van der Waals surface area contributed by atoms with Gasteiger partial charge in [-0.15, -0.1) is 11.8 Å². The average Bonchev–Trinajstić information content (AvgIpc) is 2.25. The number of amides is 1. The fraction of sp³-hybridized carbons (Fsp3) is 0.462. The number of carbonyl (C=O) groups is 1. The topological polar surface area (TPSA) is 46.2 Å². The van der Waals surface area contributed by atoms with Gasteiger partial charge in [0.1, 0.15) is 0 Å². The highest BCUT2D eigenvalue weighted by atomic mass is 35.5. The van der Waals surface area contributed by atoms with Gasteiger partial charge in [-0.05, 0) is 12.1 Å². The van der Waals surface area contributed by atoms with E-state index in [1.165, 1.54) is 0 Å². The predicted molar refractivity (Wildman–Crippen MR) is 84.6 cm³/mol. The van der Waals surface area contributed by atoms with Crippen LogP contribution in [0.4, 0.5) is 5.69 Å². The highest BCUT2D eigenvalue weighted by Crippen LogP contribution is 2.28. The van der Waals surface area contributed by atoms with Crippen LogP contribution in [-0.2, 0) is 15.6 Å². The zero-order valence-corrected chi connectivity index (χ0v) is 13.8. The first kappa shape index (κ1) is 16.5. The molecule has 1 amide bonds. The van der Waals surface area contributed by atoms with Crippen LogP contribution >= 0.6 is 23.4 Å². The van der Waals surface area contributed by atoms with E-state index in [1.807, 2.05) is 0 Å². The number of anilines is 1. The lowest BCUT2D eigenvalue weighted by Crippen LogP contribution is -2.19. The van der Waals surface area contributed by atoms with E-state index in [-0.39, 0.29) is 10.7 Å². The van der Waals surface area contributed by atoms with E-state index in [9.17, 15) is 9.00 Å². The Bertz CT molecular complexity index is 498. The van der Waals surface area contributed by atoms with E-state index in [2.05, 4.69) is 26.1 Å². The van der Waals surface area contributed by atoms with Crippen molar-refractivity contribution in [1.82, 2.24) is 0 Å². The minimum atomic E-state index is -1.24. The second-order valence-corrected chi connectivity index (χ2v) is 8.55. The predicted octanol–water partition coefficient (Wildman–Crippen LogP) is 3.55. The van der Waals surface area contributed by atoms with Crippen LogP contribution in [0, 0.1) is 0 Å². The smallest absolute Gasteiger partial charge is 0.234 e. The van der Waals surface area contributed by atoms with Crippen LogP contribution in [0.15, 0.2) is 23.1 Å². The number of hydrogen-bond donors (Lipinski definition) is 1. The maximum Gasteiger partial charge on any atom is 0.234 e. The quantitative estimate of drug-likeness (QED) is 0.923. The van der Waals surface area contributed by atoms with Gasteiger partial charge in [-0.1, -0.05) is 38.4 Å². The van der Waals surface area contributed by atoms with Crippen molar-refractivity contribution >= 4 is 45.8 Å². The van der Waals surface area contributed by atoms with Crippen molar-refractivity contribution in [3.63, 3.8) is 0 Å². The third-order valence-corrected chi connectivity index (χ3v) is 4.88. The summed E-state index contributed by atoms with van der Waals surface area (Å²) in [6, 6.07) is 5.10. The fourth-order valence-electron chi connectivity index (χ4n) is 1.37. The Labute approximate surface area is 125 Å². The first-order valence-corrected chi connectivity index (χ1v) is 8.68. The van der Waals surface area contributed by atoms with Crippen molar-refractivity contribution in [3.8, 4) is 0 Å². The Morgan fingerprint density at radius 1 is 1.42 bits per heavy atom. The largest absolute Gasteiger partial charge is 0.324 e. The van der Waals surface area contributed by atoms with E-state index in [4.69, 9.17) is 11.6 Å². The maximum absolute atomic E-state index is 11.9. The molecular weight excluding hydrogens is 302 g/mol. The van der Waals surface area contributed by atoms with Crippen LogP contribution in [0.3, 0.4) is 0 Å². The van der Waals surface area contributed by atoms with Crippen molar-refractivity contribution in [3.05, 3.63) is 23.2 Å². The molecule has 1 N–H and O–H groups in total. The molecule has 1 atom stereocenters. The first-order valence-electron chi connectivity index (χ1n) is 5.76. The van der Waals surface area contributed by atoms with Gasteiger partial charge in [0.25, 0.3) is 0 Å². The Morgan fingerprint density at radius 2 is 2.05 bits per heavy atom. The third kappa shape index (κ3) is 5.55. The van der Waals surface area contributed by atoms with Crippen LogP contribution in [0.5, 0.6) is 0 Å². The van der Waals surface area contributed by atoms with E-state index in [0.717, 1.165) is 0 Å². The summed E-state index contributed by atoms with van der Waals surface area (Å²) in [5.74, 6) is 0.236. The average molecular weight is 320 g/mol. The van der Waals surface area contributed by atoms with Gasteiger partial charge in [-0.2, -0.15) is 0 Å². The molecule has 0 saturated heterocycles.